The third kappa shape index (κ3) is 5.39. The monoisotopic (exact) mass is 240 g/mol. The topological polar surface area (TPSA) is 15.3 Å². The number of likely N-dealkylation sites (tertiary alicyclic amines) is 1. The lowest BCUT2D eigenvalue weighted by Gasteiger charge is -2.31. The molecule has 102 valence electrons. The molecule has 0 aromatic rings. The van der Waals surface area contributed by atoms with Gasteiger partial charge in [-0.1, -0.05) is 20.8 Å². The molecule has 1 fully saturated rings. The van der Waals surface area contributed by atoms with Gasteiger partial charge in [0.25, 0.3) is 0 Å². The van der Waals surface area contributed by atoms with E-state index in [1.807, 2.05) is 0 Å². The minimum absolute atomic E-state index is 0.247. The molecular weight excluding hydrogens is 208 g/mol. The van der Waals surface area contributed by atoms with E-state index in [9.17, 15) is 0 Å². The lowest BCUT2D eigenvalue weighted by atomic mass is 10.0. The van der Waals surface area contributed by atoms with Crippen LogP contribution in [0.15, 0.2) is 0 Å². The van der Waals surface area contributed by atoms with Crippen LogP contribution in [0.2, 0.25) is 0 Å². The molecule has 1 heterocycles. The van der Waals surface area contributed by atoms with Crippen LogP contribution in [0.25, 0.3) is 0 Å². The van der Waals surface area contributed by atoms with Crippen molar-refractivity contribution in [1.29, 1.82) is 0 Å². The molecule has 2 unspecified atom stereocenters. The van der Waals surface area contributed by atoms with Crippen molar-refractivity contribution < 1.29 is 0 Å². The molecule has 0 aromatic carbocycles. The summed E-state index contributed by atoms with van der Waals surface area (Å²) in [6.07, 6.45) is 2.79. The third-order valence-electron chi connectivity index (χ3n) is 3.71. The maximum atomic E-state index is 3.61. The van der Waals surface area contributed by atoms with Gasteiger partial charge in [-0.25, -0.2) is 0 Å². The van der Waals surface area contributed by atoms with E-state index in [4.69, 9.17) is 0 Å². The first-order valence-corrected chi connectivity index (χ1v) is 7.28. The highest BCUT2D eigenvalue weighted by Crippen LogP contribution is 2.24. The van der Waals surface area contributed by atoms with E-state index < -0.39 is 0 Å². The van der Waals surface area contributed by atoms with Gasteiger partial charge in [0.15, 0.2) is 0 Å². The maximum Gasteiger partial charge on any atom is 0.0119 e. The molecule has 0 aliphatic carbocycles. The molecule has 0 radical (unpaired) electrons. The first-order valence-electron chi connectivity index (χ1n) is 7.28. The van der Waals surface area contributed by atoms with Crippen LogP contribution in [0.3, 0.4) is 0 Å². The van der Waals surface area contributed by atoms with Crippen LogP contribution >= 0.6 is 0 Å². The first-order chi connectivity index (χ1) is 7.79. The fourth-order valence-corrected chi connectivity index (χ4v) is 2.78. The Hall–Kier alpha value is -0.0800. The quantitative estimate of drug-likeness (QED) is 0.794. The highest BCUT2D eigenvalue weighted by atomic mass is 15.2. The fourth-order valence-electron chi connectivity index (χ4n) is 2.78. The predicted octanol–water partition coefficient (Wildman–Crippen LogP) is 3.13. The third-order valence-corrected chi connectivity index (χ3v) is 3.71. The van der Waals surface area contributed by atoms with Crippen LogP contribution in [0.4, 0.5) is 0 Å². The fraction of sp³-hybridized carbons (Fsp3) is 1.00. The molecule has 0 aromatic heterocycles. The number of nitrogens with one attached hydrogen (secondary N) is 1. The molecule has 1 N–H and O–H groups in total. The minimum atomic E-state index is 0.247. The van der Waals surface area contributed by atoms with Crippen molar-refractivity contribution in [3.63, 3.8) is 0 Å². The lowest BCUT2D eigenvalue weighted by molar-refractivity contribution is 0.177. The first kappa shape index (κ1) is 15.0. The van der Waals surface area contributed by atoms with Crippen molar-refractivity contribution >= 4 is 0 Å². The Morgan fingerprint density at radius 1 is 1.24 bits per heavy atom. The highest BCUT2D eigenvalue weighted by molar-refractivity contribution is 4.83. The summed E-state index contributed by atoms with van der Waals surface area (Å²) in [6, 6.07) is 0.826. The molecule has 0 spiro atoms. The lowest BCUT2D eigenvalue weighted by Crippen LogP contribution is -2.43. The Kier molecular flexibility index (Phi) is 5.46. The van der Waals surface area contributed by atoms with Gasteiger partial charge in [0.2, 0.25) is 0 Å². The Balaban J connectivity index is 2.32. The van der Waals surface area contributed by atoms with Gasteiger partial charge < -0.3 is 5.32 Å². The zero-order valence-electron chi connectivity index (χ0n) is 12.7. The molecule has 1 aliphatic heterocycles. The summed E-state index contributed by atoms with van der Waals surface area (Å²) in [7, 11) is 0. The molecule has 0 bridgehead atoms. The summed E-state index contributed by atoms with van der Waals surface area (Å²) in [4.78, 5) is 2.71. The number of rotatable bonds is 5. The standard InChI is InChI=1S/C15H32N2/c1-12(2)14-8-7-9-17(14)11-13(3)10-16-15(4,5)6/h12-14,16H,7-11H2,1-6H3. The van der Waals surface area contributed by atoms with Crippen molar-refractivity contribution in [2.24, 2.45) is 11.8 Å². The van der Waals surface area contributed by atoms with Gasteiger partial charge in [-0.3, -0.25) is 4.90 Å². The summed E-state index contributed by atoms with van der Waals surface area (Å²) < 4.78 is 0. The molecule has 1 aliphatic rings. The van der Waals surface area contributed by atoms with Gasteiger partial charge in [-0.15, -0.1) is 0 Å². The van der Waals surface area contributed by atoms with E-state index in [-0.39, 0.29) is 5.54 Å². The van der Waals surface area contributed by atoms with E-state index in [0.717, 1.165) is 24.4 Å². The highest BCUT2D eigenvalue weighted by Gasteiger charge is 2.27. The smallest absolute Gasteiger partial charge is 0.0119 e. The summed E-state index contributed by atoms with van der Waals surface area (Å²) in [5.41, 5.74) is 0.247. The molecule has 2 nitrogen and oxygen atoms in total. The van der Waals surface area contributed by atoms with Crippen LogP contribution in [0.1, 0.15) is 54.4 Å². The average molecular weight is 240 g/mol. The number of nitrogens with zero attached hydrogens (tertiary/aromatic N) is 1. The average Bonchev–Trinajstić information content (AvgIpc) is 2.62. The van der Waals surface area contributed by atoms with Crippen molar-refractivity contribution in [2.75, 3.05) is 19.6 Å². The molecule has 1 rings (SSSR count). The molecule has 0 amide bonds. The predicted molar refractivity (Wildman–Crippen MR) is 76.4 cm³/mol. The van der Waals surface area contributed by atoms with Crippen molar-refractivity contribution in [2.45, 2.75) is 66.0 Å². The molecule has 2 atom stereocenters. The van der Waals surface area contributed by atoms with Crippen LogP contribution < -0.4 is 5.32 Å². The second kappa shape index (κ2) is 6.19. The van der Waals surface area contributed by atoms with E-state index in [1.54, 1.807) is 0 Å². The zero-order chi connectivity index (χ0) is 13.1. The summed E-state index contributed by atoms with van der Waals surface area (Å²) in [6.45, 7) is 17.5. The molecule has 2 heteroatoms. The molecule has 1 saturated heterocycles. The van der Waals surface area contributed by atoms with Gasteiger partial charge in [-0.2, -0.15) is 0 Å². The van der Waals surface area contributed by atoms with Gasteiger partial charge in [0.1, 0.15) is 0 Å². The zero-order valence-corrected chi connectivity index (χ0v) is 12.7. The Morgan fingerprint density at radius 3 is 2.41 bits per heavy atom. The van der Waals surface area contributed by atoms with Crippen molar-refractivity contribution in [3.8, 4) is 0 Å². The Morgan fingerprint density at radius 2 is 1.88 bits per heavy atom. The van der Waals surface area contributed by atoms with Crippen LogP contribution in [0.5, 0.6) is 0 Å². The van der Waals surface area contributed by atoms with Crippen LogP contribution in [0, 0.1) is 11.8 Å². The van der Waals surface area contributed by atoms with Crippen LogP contribution in [-0.4, -0.2) is 36.1 Å². The number of hydrogen-bond acceptors (Lipinski definition) is 2. The minimum Gasteiger partial charge on any atom is -0.312 e. The van der Waals surface area contributed by atoms with Crippen molar-refractivity contribution in [3.05, 3.63) is 0 Å². The van der Waals surface area contributed by atoms with Crippen LogP contribution in [-0.2, 0) is 0 Å². The van der Waals surface area contributed by atoms with Gasteiger partial charge in [0, 0.05) is 18.1 Å². The number of hydrogen-bond donors (Lipinski definition) is 1. The van der Waals surface area contributed by atoms with Gasteiger partial charge in [0.05, 0.1) is 0 Å². The largest absolute Gasteiger partial charge is 0.312 e. The van der Waals surface area contributed by atoms with E-state index in [0.29, 0.717) is 0 Å². The summed E-state index contributed by atoms with van der Waals surface area (Å²) >= 11 is 0. The molecular formula is C15H32N2. The van der Waals surface area contributed by atoms with E-state index in [2.05, 4.69) is 51.8 Å². The molecule has 17 heavy (non-hydrogen) atoms. The summed E-state index contributed by atoms with van der Waals surface area (Å²) in [5.74, 6) is 1.55. The Labute approximate surface area is 108 Å². The van der Waals surface area contributed by atoms with E-state index >= 15 is 0 Å². The van der Waals surface area contributed by atoms with Gasteiger partial charge >= 0.3 is 0 Å². The second-order valence-corrected chi connectivity index (χ2v) is 7.18. The molecule has 0 saturated carbocycles. The SMILES string of the molecule is CC(CNC(C)(C)C)CN1CCCC1C(C)C. The second-order valence-electron chi connectivity index (χ2n) is 7.18. The normalized spacial score (nSPS) is 24.5. The van der Waals surface area contributed by atoms with Crippen molar-refractivity contribution in [1.82, 2.24) is 10.2 Å². The van der Waals surface area contributed by atoms with E-state index in [1.165, 1.54) is 25.9 Å². The van der Waals surface area contributed by atoms with Gasteiger partial charge in [-0.05, 0) is 58.5 Å². The summed E-state index contributed by atoms with van der Waals surface area (Å²) in [5, 5.41) is 3.61. The Bertz CT molecular complexity index is 217. The maximum absolute atomic E-state index is 3.61.